The van der Waals surface area contributed by atoms with Crippen molar-refractivity contribution >= 4 is 5.69 Å². The Balaban J connectivity index is 1.68. The van der Waals surface area contributed by atoms with Crippen LogP contribution in [0.2, 0.25) is 0 Å². The van der Waals surface area contributed by atoms with E-state index in [2.05, 4.69) is 28.0 Å². The average Bonchev–Trinajstić information content (AvgIpc) is 2.87. The van der Waals surface area contributed by atoms with Crippen molar-refractivity contribution in [2.75, 3.05) is 31.1 Å². The molecule has 4 nitrogen and oxygen atoms in total. The summed E-state index contributed by atoms with van der Waals surface area (Å²) in [6, 6.07) is 0.780. The molecule has 1 aromatic rings. The molecular formula is C13H22N4. The van der Waals surface area contributed by atoms with Gasteiger partial charge in [0.2, 0.25) is 0 Å². The Hall–Kier alpha value is -1.03. The summed E-state index contributed by atoms with van der Waals surface area (Å²) in [5, 5.41) is 4.38. The number of nitrogens with zero attached hydrogens (tertiary/aromatic N) is 4. The molecule has 1 unspecified atom stereocenters. The highest BCUT2D eigenvalue weighted by molar-refractivity contribution is 5.43. The first-order valence-corrected chi connectivity index (χ1v) is 6.88. The molecule has 0 aromatic carbocycles. The van der Waals surface area contributed by atoms with Gasteiger partial charge in [-0.2, -0.15) is 5.10 Å². The van der Waals surface area contributed by atoms with Gasteiger partial charge in [0.1, 0.15) is 0 Å². The predicted octanol–water partition coefficient (Wildman–Crippen LogP) is 1.58. The van der Waals surface area contributed by atoms with Gasteiger partial charge in [0, 0.05) is 38.4 Å². The number of fused-ring (bicyclic) bond motifs is 1. The van der Waals surface area contributed by atoms with E-state index in [-0.39, 0.29) is 0 Å². The van der Waals surface area contributed by atoms with E-state index >= 15 is 0 Å². The van der Waals surface area contributed by atoms with Gasteiger partial charge < -0.3 is 4.90 Å². The minimum Gasteiger partial charge on any atom is -0.366 e. The Morgan fingerprint density at radius 2 is 2.24 bits per heavy atom. The zero-order valence-corrected chi connectivity index (χ0v) is 10.7. The maximum Gasteiger partial charge on any atom is 0.0753 e. The molecule has 0 bridgehead atoms. The summed E-state index contributed by atoms with van der Waals surface area (Å²) in [5.74, 6) is 0. The molecule has 1 atom stereocenters. The van der Waals surface area contributed by atoms with Crippen molar-refractivity contribution in [1.29, 1.82) is 0 Å². The Kier molecular flexibility index (Phi) is 3.05. The van der Waals surface area contributed by atoms with E-state index in [9.17, 15) is 0 Å². The Labute approximate surface area is 103 Å². The molecule has 0 amide bonds. The summed E-state index contributed by atoms with van der Waals surface area (Å²) in [4.78, 5) is 5.18. The second-order valence-corrected chi connectivity index (χ2v) is 5.19. The SMILES string of the molecule is CCn1cc(N2CCN3CCCCC3C2)cn1. The lowest BCUT2D eigenvalue weighted by molar-refractivity contribution is 0.133. The largest absolute Gasteiger partial charge is 0.366 e. The molecular weight excluding hydrogens is 212 g/mol. The van der Waals surface area contributed by atoms with Gasteiger partial charge >= 0.3 is 0 Å². The van der Waals surface area contributed by atoms with Crippen molar-refractivity contribution in [3.05, 3.63) is 12.4 Å². The average molecular weight is 234 g/mol. The predicted molar refractivity (Wildman–Crippen MR) is 69.3 cm³/mol. The van der Waals surface area contributed by atoms with Gasteiger partial charge in [-0.15, -0.1) is 0 Å². The molecule has 2 aliphatic rings. The van der Waals surface area contributed by atoms with Crippen molar-refractivity contribution in [3.8, 4) is 0 Å². The second kappa shape index (κ2) is 4.69. The molecule has 3 heterocycles. The van der Waals surface area contributed by atoms with Gasteiger partial charge in [-0.3, -0.25) is 9.58 Å². The lowest BCUT2D eigenvalue weighted by atomic mass is 9.99. The van der Waals surface area contributed by atoms with E-state index < -0.39 is 0 Å². The standard InChI is InChI=1S/C13H22N4/c1-2-17-11-13(9-14-17)16-8-7-15-6-4-3-5-12(15)10-16/h9,11-12H,2-8,10H2,1H3. The molecule has 0 aliphatic carbocycles. The highest BCUT2D eigenvalue weighted by atomic mass is 15.3. The maximum absolute atomic E-state index is 4.38. The normalized spacial score (nSPS) is 25.9. The van der Waals surface area contributed by atoms with E-state index in [1.807, 2.05) is 10.9 Å². The number of piperidine rings is 1. The summed E-state index contributed by atoms with van der Waals surface area (Å²) < 4.78 is 2.02. The highest BCUT2D eigenvalue weighted by Gasteiger charge is 2.29. The van der Waals surface area contributed by atoms with Crippen LogP contribution in [0.1, 0.15) is 26.2 Å². The molecule has 0 saturated carbocycles. The van der Waals surface area contributed by atoms with Crippen LogP contribution in [0.25, 0.3) is 0 Å². The lowest BCUT2D eigenvalue weighted by Gasteiger charge is -2.44. The molecule has 3 rings (SSSR count). The molecule has 0 spiro atoms. The quantitative estimate of drug-likeness (QED) is 0.776. The number of hydrogen-bond donors (Lipinski definition) is 0. The van der Waals surface area contributed by atoms with Crippen LogP contribution in [0.3, 0.4) is 0 Å². The molecule has 1 aromatic heterocycles. The van der Waals surface area contributed by atoms with Gasteiger partial charge in [-0.05, 0) is 26.3 Å². The molecule has 4 heteroatoms. The molecule has 0 N–H and O–H groups in total. The first kappa shape index (κ1) is 11.1. The van der Waals surface area contributed by atoms with Crippen LogP contribution in [0.15, 0.2) is 12.4 Å². The van der Waals surface area contributed by atoms with Crippen LogP contribution in [0.5, 0.6) is 0 Å². The van der Waals surface area contributed by atoms with Crippen LogP contribution in [-0.4, -0.2) is 46.9 Å². The third-order valence-corrected chi connectivity index (χ3v) is 4.15. The van der Waals surface area contributed by atoms with Crippen LogP contribution in [-0.2, 0) is 6.54 Å². The Morgan fingerprint density at radius 1 is 1.29 bits per heavy atom. The van der Waals surface area contributed by atoms with Crippen LogP contribution in [0, 0.1) is 0 Å². The van der Waals surface area contributed by atoms with Crippen molar-refractivity contribution in [3.63, 3.8) is 0 Å². The third-order valence-electron chi connectivity index (χ3n) is 4.15. The number of aromatic nitrogens is 2. The van der Waals surface area contributed by atoms with E-state index in [1.165, 1.54) is 44.6 Å². The number of piperazine rings is 1. The van der Waals surface area contributed by atoms with Crippen molar-refractivity contribution in [1.82, 2.24) is 14.7 Å². The van der Waals surface area contributed by atoms with Crippen LogP contribution < -0.4 is 4.90 Å². The number of anilines is 1. The summed E-state index contributed by atoms with van der Waals surface area (Å²) >= 11 is 0. The minimum absolute atomic E-state index is 0.780. The molecule has 2 fully saturated rings. The van der Waals surface area contributed by atoms with E-state index in [4.69, 9.17) is 0 Å². The van der Waals surface area contributed by atoms with Crippen molar-refractivity contribution in [2.24, 2.45) is 0 Å². The summed E-state index contributed by atoms with van der Waals surface area (Å²) in [6.45, 7) is 7.98. The maximum atomic E-state index is 4.38. The van der Waals surface area contributed by atoms with Crippen molar-refractivity contribution in [2.45, 2.75) is 38.8 Å². The molecule has 94 valence electrons. The van der Waals surface area contributed by atoms with Crippen LogP contribution >= 0.6 is 0 Å². The first-order chi connectivity index (χ1) is 8.36. The topological polar surface area (TPSA) is 24.3 Å². The fourth-order valence-corrected chi connectivity index (χ4v) is 3.08. The molecule has 0 radical (unpaired) electrons. The third kappa shape index (κ3) is 2.18. The second-order valence-electron chi connectivity index (χ2n) is 5.19. The number of hydrogen-bond acceptors (Lipinski definition) is 3. The smallest absolute Gasteiger partial charge is 0.0753 e. The first-order valence-electron chi connectivity index (χ1n) is 6.88. The monoisotopic (exact) mass is 234 g/mol. The van der Waals surface area contributed by atoms with Crippen molar-refractivity contribution < 1.29 is 0 Å². The van der Waals surface area contributed by atoms with Gasteiger partial charge in [0.05, 0.1) is 11.9 Å². The fraction of sp³-hybridized carbons (Fsp3) is 0.769. The minimum atomic E-state index is 0.780. The van der Waals surface area contributed by atoms with E-state index in [0.717, 1.165) is 19.1 Å². The van der Waals surface area contributed by atoms with Gasteiger partial charge in [-0.1, -0.05) is 6.42 Å². The number of aryl methyl sites for hydroxylation is 1. The fourth-order valence-electron chi connectivity index (χ4n) is 3.08. The zero-order chi connectivity index (χ0) is 11.7. The zero-order valence-electron chi connectivity index (χ0n) is 10.7. The summed E-state index contributed by atoms with van der Waals surface area (Å²) in [6.07, 6.45) is 8.37. The highest BCUT2D eigenvalue weighted by Crippen LogP contribution is 2.24. The van der Waals surface area contributed by atoms with E-state index in [1.54, 1.807) is 0 Å². The van der Waals surface area contributed by atoms with Crippen LogP contribution in [0.4, 0.5) is 5.69 Å². The summed E-state index contributed by atoms with van der Waals surface area (Å²) in [7, 11) is 0. The van der Waals surface area contributed by atoms with Gasteiger partial charge in [0.25, 0.3) is 0 Å². The van der Waals surface area contributed by atoms with E-state index in [0.29, 0.717) is 0 Å². The number of rotatable bonds is 2. The Morgan fingerprint density at radius 3 is 3.06 bits per heavy atom. The molecule has 17 heavy (non-hydrogen) atoms. The van der Waals surface area contributed by atoms with Gasteiger partial charge in [-0.25, -0.2) is 0 Å². The Bertz CT molecular complexity index is 373. The lowest BCUT2D eigenvalue weighted by Crippen LogP contribution is -2.54. The van der Waals surface area contributed by atoms with Gasteiger partial charge in [0.15, 0.2) is 0 Å². The molecule has 2 saturated heterocycles. The molecule has 2 aliphatic heterocycles. The summed E-state index contributed by atoms with van der Waals surface area (Å²) in [5.41, 5.74) is 1.30.